The molecule has 0 radical (unpaired) electrons. The van der Waals surface area contributed by atoms with Gasteiger partial charge in [0, 0.05) is 4.88 Å². The maximum Gasteiger partial charge on any atom is 0.259 e. The quantitative estimate of drug-likeness (QED) is 0.851. The standard InChI is InChI=1S/C15H12Cl2N2OS/c1-3-9-8(2)21-15(10(9)7-18)19-14(20)13-11(16)5-4-6-12(13)17/h4-6H,3H2,1-2H3,(H,19,20). The van der Waals surface area contributed by atoms with Crippen LogP contribution >= 0.6 is 34.5 Å². The second kappa shape index (κ2) is 6.48. The molecule has 6 heteroatoms. The monoisotopic (exact) mass is 338 g/mol. The Hall–Kier alpha value is -1.54. The average Bonchev–Trinajstić information content (AvgIpc) is 2.73. The summed E-state index contributed by atoms with van der Waals surface area (Å²) in [5.74, 6) is -0.411. The number of thiophene rings is 1. The fourth-order valence-electron chi connectivity index (χ4n) is 2.09. The maximum absolute atomic E-state index is 12.4. The topological polar surface area (TPSA) is 52.9 Å². The van der Waals surface area contributed by atoms with Crippen molar-refractivity contribution in [3.63, 3.8) is 0 Å². The number of hydrogen-bond acceptors (Lipinski definition) is 3. The van der Waals surface area contributed by atoms with E-state index in [0.29, 0.717) is 10.6 Å². The van der Waals surface area contributed by atoms with Crippen LogP contribution in [0.1, 0.15) is 33.3 Å². The first-order chi connectivity index (χ1) is 9.99. The van der Waals surface area contributed by atoms with Gasteiger partial charge in [-0.2, -0.15) is 5.26 Å². The summed E-state index contributed by atoms with van der Waals surface area (Å²) in [6.45, 7) is 3.91. The summed E-state index contributed by atoms with van der Waals surface area (Å²) in [7, 11) is 0. The predicted octanol–water partition coefficient (Wildman–Crippen LogP) is 5.05. The lowest BCUT2D eigenvalue weighted by Crippen LogP contribution is -2.13. The molecule has 0 aliphatic rings. The lowest BCUT2D eigenvalue weighted by atomic mass is 10.1. The van der Waals surface area contributed by atoms with Gasteiger partial charge in [0.1, 0.15) is 11.1 Å². The zero-order valence-corrected chi connectivity index (χ0v) is 13.8. The number of nitriles is 1. The highest BCUT2D eigenvalue weighted by atomic mass is 35.5. The molecular formula is C15H12Cl2N2OS. The highest BCUT2D eigenvalue weighted by molar-refractivity contribution is 7.16. The minimum absolute atomic E-state index is 0.217. The smallest absolute Gasteiger partial charge is 0.259 e. The summed E-state index contributed by atoms with van der Waals surface area (Å²) in [4.78, 5) is 13.4. The van der Waals surface area contributed by atoms with E-state index in [-0.39, 0.29) is 15.6 Å². The number of carbonyl (C=O) groups excluding carboxylic acids is 1. The Kier molecular flexibility index (Phi) is 4.89. The van der Waals surface area contributed by atoms with E-state index >= 15 is 0 Å². The van der Waals surface area contributed by atoms with Crippen molar-refractivity contribution in [2.24, 2.45) is 0 Å². The van der Waals surface area contributed by atoms with Gasteiger partial charge in [0.15, 0.2) is 0 Å². The van der Waals surface area contributed by atoms with Gasteiger partial charge in [-0.3, -0.25) is 4.79 Å². The number of anilines is 1. The number of amides is 1. The van der Waals surface area contributed by atoms with Gasteiger partial charge >= 0.3 is 0 Å². The van der Waals surface area contributed by atoms with Gasteiger partial charge < -0.3 is 5.32 Å². The second-order valence-electron chi connectivity index (χ2n) is 4.36. The Morgan fingerprint density at radius 2 is 2.00 bits per heavy atom. The molecule has 0 saturated heterocycles. The van der Waals surface area contributed by atoms with Crippen molar-refractivity contribution in [3.05, 3.63) is 49.8 Å². The number of hydrogen-bond donors (Lipinski definition) is 1. The van der Waals surface area contributed by atoms with Gasteiger partial charge in [-0.1, -0.05) is 36.2 Å². The Morgan fingerprint density at radius 3 is 2.52 bits per heavy atom. The van der Waals surface area contributed by atoms with Crippen LogP contribution in [0.5, 0.6) is 0 Å². The molecule has 0 aliphatic heterocycles. The van der Waals surface area contributed by atoms with Crippen LogP contribution in [0.3, 0.4) is 0 Å². The van der Waals surface area contributed by atoms with Crippen molar-refractivity contribution in [2.75, 3.05) is 5.32 Å². The van der Waals surface area contributed by atoms with E-state index in [4.69, 9.17) is 23.2 Å². The lowest BCUT2D eigenvalue weighted by molar-refractivity contribution is 0.102. The number of carbonyl (C=O) groups is 1. The molecule has 0 atom stereocenters. The summed E-state index contributed by atoms with van der Waals surface area (Å²) >= 11 is 13.4. The molecule has 0 bridgehead atoms. The number of halogens is 2. The van der Waals surface area contributed by atoms with Crippen molar-refractivity contribution in [3.8, 4) is 6.07 Å². The van der Waals surface area contributed by atoms with E-state index < -0.39 is 5.91 Å². The van der Waals surface area contributed by atoms with E-state index in [2.05, 4.69) is 11.4 Å². The first-order valence-corrected chi connectivity index (χ1v) is 7.84. The third-order valence-electron chi connectivity index (χ3n) is 3.09. The van der Waals surface area contributed by atoms with Gasteiger partial charge in [-0.15, -0.1) is 11.3 Å². The van der Waals surface area contributed by atoms with Crippen LogP contribution in [-0.2, 0) is 6.42 Å². The molecule has 21 heavy (non-hydrogen) atoms. The molecule has 1 aromatic heterocycles. The zero-order valence-electron chi connectivity index (χ0n) is 11.5. The van der Waals surface area contributed by atoms with Gasteiger partial charge in [-0.05, 0) is 31.0 Å². The number of nitrogens with one attached hydrogen (secondary N) is 1. The van der Waals surface area contributed by atoms with Crippen molar-refractivity contribution in [1.82, 2.24) is 0 Å². The molecule has 3 nitrogen and oxygen atoms in total. The van der Waals surface area contributed by atoms with Crippen LogP contribution in [-0.4, -0.2) is 5.91 Å². The molecule has 0 unspecified atom stereocenters. The fourth-order valence-corrected chi connectivity index (χ4v) is 3.75. The summed E-state index contributed by atoms with van der Waals surface area (Å²) in [5, 5.41) is 13.1. The summed E-state index contributed by atoms with van der Waals surface area (Å²) in [5.41, 5.74) is 1.69. The van der Waals surface area contributed by atoms with Crippen LogP contribution < -0.4 is 5.32 Å². The molecule has 0 saturated carbocycles. The number of benzene rings is 1. The number of nitrogens with zero attached hydrogens (tertiary/aromatic N) is 1. The van der Waals surface area contributed by atoms with E-state index in [1.54, 1.807) is 18.2 Å². The third-order valence-corrected chi connectivity index (χ3v) is 4.78. The average molecular weight is 339 g/mol. The molecule has 108 valence electrons. The van der Waals surface area contributed by atoms with E-state index in [0.717, 1.165) is 16.9 Å². The molecule has 2 aromatic rings. The van der Waals surface area contributed by atoms with Crippen LogP contribution in [0, 0.1) is 18.3 Å². The lowest BCUT2D eigenvalue weighted by Gasteiger charge is -2.07. The van der Waals surface area contributed by atoms with Crippen molar-refractivity contribution in [2.45, 2.75) is 20.3 Å². The Morgan fingerprint density at radius 1 is 1.38 bits per heavy atom. The largest absolute Gasteiger partial charge is 0.312 e. The minimum Gasteiger partial charge on any atom is -0.312 e. The van der Waals surface area contributed by atoms with E-state index in [1.807, 2.05) is 13.8 Å². The summed E-state index contributed by atoms with van der Waals surface area (Å²) in [6.07, 6.45) is 0.744. The predicted molar refractivity (Wildman–Crippen MR) is 87.6 cm³/mol. The molecule has 1 amide bonds. The normalized spacial score (nSPS) is 10.2. The zero-order chi connectivity index (χ0) is 15.6. The van der Waals surface area contributed by atoms with Crippen molar-refractivity contribution in [1.29, 1.82) is 5.26 Å². The number of aryl methyl sites for hydroxylation is 1. The minimum atomic E-state index is -0.411. The highest BCUT2D eigenvalue weighted by Gasteiger charge is 2.19. The van der Waals surface area contributed by atoms with Gasteiger partial charge in [0.25, 0.3) is 5.91 Å². The van der Waals surface area contributed by atoms with Crippen molar-refractivity contribution < 1.29 is 4.79 Å². The number of rotatable bonds is 3. The highest BCUT2D eigenvalue weighted by Crippen LogP contribution is 2.34. The molecule has 2 rings (SSSR count). The summed E-state index contributed by atoms with van der Waals surface area (Å²) < 4.78 is 0. The van der Waals surface area contributed by atoms with Crippen molar-refractivity contribution >= 4 is 45.4 Å². The van der Waals surface area contributed by atoms with Crippen LogP contribution in [0.25, 0.3) is 0 Å². The summed E-state index contributed by atoms with van der Waals surface area (Å²) in [6, 6.07) is 7.03. The Balaban J connectivity index is 2.40. The van der Waals surface area contributed by atoms with Gasteiger partial charge in [0.2, 0.25) is 0 Å². The van der Waals surface area contributed by atoms with Gasteiger partial charge in [-0.25, -0.2) is 0 Å². The first kappa shape index (κ1) is 15.8. The van der Waals surface area contributed by atoms with Crippen LogP contribution in [0.15, 0.2) is 18.2 Å². The van der Waals surface area contributed by atoms with Gasteiger partial charge in [0.05, 0.1) is 21.2 Å². The first-order valence-electron chi connectivity index (χ1n) is 6.27. The molecule has 1 N–H and O–H groups in total. The van der Waals surface area contributed by atoms with E-state index in [1.165, 1.54) is 11.3 Å². The van der Waals surface area contributed by atoms with Crippen LogP contribution in [0.4, 0.5) is 5.00 Å². The molecule has 0 aliphatic carbocycles. The third kappa shape index (κ3) is 3.06. The Labute approximate surface area is 137 Å². The second-order valence-corrected chi connectivity index (χ2v) is 6.40. The molecular weight excluding hydrogens is 327 g/mol. The molecule has 0 fully saturated rings. The molecule has 1 heterocycles. The molecule has 0 spiro atoms. The Bertz CT molecular complexity index is 727. The van der Waals surface area contributed by atoms with E-state index in [9.17, 15) is 10.1 Å². The molecule has 1 aromatic carbocycles. The SMILES string of the molecule is CCc1c(C)sc(NC(=O)c2c(Cl)cccc2Cl)c1C#N. The fraction of sp³-hybridized carbons (Fsp3) is 0.200. The maximum atomic E-state index is 12.4. The van der Waals surface area contributed by atoms with Crippen LogP contribution in [0.2, 0.25) is 10.0 Å².